The summed E-state index contributed by atoms with van der Waals surface area (Å²) in [7, 11) is -3.66. The van der Waals surface area contributed by atoms with E-state index in [0.29, 0.717) is 57.2 Å². The van der Waals surface area contributed by atoms with Crippen LogP contribution in [0.1, 0.15) is 37.5 Å². The Hall–Kier alpha value is -2.56. The topological polar surface area (TPSA) is 101 Å². The van der Waals surface area contributed by atoms with Crippen molar-refractivity contribution in [3.8, 4) is 11.5 Å². The molecule has 2 fully saturated rings. The molecule has 0 spiro atoms. The normalized spacial score (nSPS) is 20.8. The number of furan rings is 1. The van der Waals surface area contributed by atoms with Crippen LogP contribution in [0.4, 0.5) is 0 Å². The number of ether oxygens (including phenoxy) is 2. The third kappa shape index (κ3) is 4.80. The van der Waals surface area contributed by atoms with Gasteiger partial charge in [-0.2, -0.15) is 4.31 Å². The number of carbonyl (C=O) groups excluding carboxylic acids is 1. The first-order valence-electron chi connectivity index (χ1n) is 12.0. The molecule has 1 aromatic carbocycles. The first kappa shape index (κ1) is 23.2. The van der Waals surface area contributed by atoms with Crippen molar-refractivity contribution in [2.45, 2.75) is 36.6 Å². The van der Waals surface area contributed by atoms with Crippen molar-refractivity contribution in [1.29, 1.82) is 0 Å². The summed E-state index contributed by atoms with van der Waals surface area (Å²) in [6.45, 7) is 3.95. The van der Waals surface area contributed by atoms with Crippen molar-refractivity contribution >= 4 is 15.9 Å². The standard InChI is InChI=1S/C24H31N3O6S/c28-24(25-17-20(21-4-3-13-31-21)26-9-1-2-10-26)18-7-11-27(12-8-18)34(29,30)19-5-6-22-23(16-19)33-15-14-32-22/h3-6,13,16,18,20H,1-2,7-12,14-15,17H2,(H,25,28)/t20-/m1/s1. The van der Waals surface area contributed by atoms with E-state index in [1.807, 2.05) is 12.1 Å². The van der Waals surface area contributed by atoms with E-state index < -0.39 is 10.0 Å². The van der Waals surface area contributed by atoms with Gasteiger partial charge in [0.25, 0.3) is 0 Å². The lowest BCUT2D eigenvalue weighted by molar-refractivity contribution is -0.126. The van der Waals surface area contributed by atoms with Crippen LogP contribution >= 0.6 is 0 Å². The average molecular weight is 490 g/mol. The van der Waals surface area contributed by atoms with Crippen LogP contribution in [0.15, 0.2) is 45.9 Å². The number of sulfonamides is 1. The highest BCUT2D eigenvalue weighted by molar-refractivity contribution is 7.89. The fraction of sp³-hybridized carbons (Fsp3) is 0.542. The molecule has 2 saturated heterocycles. The molecule has 3 aliphatic rings. The lowest BCUT2D eigenvalue weighted by Crippen LogP contribution is -2.44. The van der Waals surface area contributed by atoms with Gasteiger partial charge in [0, 0.05) is 31.6 Å². The molecule has 9 nitrogen and oxygen atoms in total. The molecule has 10 heteroatoms. The number of nitrogens with zero attached hydrogens (tertiary/aromatic N) is 2. The summed E-state index contributed by atoms with van der Waals surface area (Å²) in [4.78, 5) is 15.5. The minimum Gasteiger partial charge on any atom is -0.486 e. The molecule has 0 saturated carbocycles. The van der Waals surface area contributed by atoms with Crippen LogP contribution in [0, 0.1) is 5.92 Å². The number of hydrogen-bond donors (Lipinski definition) is 1. The Balaban J connectivity index is 1.17. The van der Waals surface area contributed by atoms with Crippen LogP contribution in [0.25, 0.3) is 0 Å². The Kier molecular flexibility index (Phi) is 6.80. The SMILES string of the molecule is O=C(NC[C@H](c1ccco1)N1CCCC1)C1CCN(S(=O)(=O)c2ccc3c(c2)OCCO3)CC1. The number of nitrogens with one attached hydrogen (secondary N) is 1. The molecule has 0 aliphatic carbocycles. The van der Waals surface area contributed by atoms with E-state index in [4.69, 9.17) is 13.9 Å². The highest BCUT2D eigenvalue weighted by Crippen LogP contribution is 2.34. The van der Waals surface area contributed by atoms with Crippen molar-refractivity contribution in [2.24, 2.45) is 5.92 Å². The summed E-state index contributed by atoms with van der Waals surface area (Å²) in [5.41, 5.74) is 0. The number of carbonyl (C=O) groups is 1. The Labute approximate surface area is 200 Å². The molecule has 0 bridgehead atoms. The van der Waals surface area contributed by atoms with E-state index in [0.717, 1.165) is 31.7 Å². The maximum Gasteiger partial charge on any atom is 0.243 e. The van der Waals surface area contributed by atoms with Crippen LogP contribution < -0.4 is 14.8 Å². The third-order valence-electron chi connectivity index (χ3n) is 6.90. The number of likely N-dealkylation sites (tertiary alicyclic amines) is 1. The minimum atomic E-state index is -3.66. The summed E-state index contributed by atoms with van der Waals surface area (Å²) in [6.07, 6.45) is 4.95. The molecule has 1 aromatic heterocycles. The second kappa shape index (κ2) is 9.97. The van der Waals surface area contributed by atoms with Crippen LogP contribution in [0.3, 0.4) is 0 Å². The van der Waals surface area contributed by atoms with Crippen molar-refractivity contribution in [2.75, 3.05) is 45.9 Å². The van der Waals surface area contributed by atoms with Gasteiger partial charge >= 0.3 is 0 Å². The fourth-order valence-electron chi connectivity index (χ4n) is 4.98. The smallest absolute Gasteiger partial charge is 0.243 e. The lowest BCUT2D eigenvalue weighted by atomic mass is 9.97. The maximum atomic E-state index is 13.2. The molecular formula is C24H31N3O6S. The molecule has 4 heterocycles. The predicted molar refractivity (Wildman–Crippen MR) is 124 cm³/mol. The largest absolute Gasteiger partial charge is 0.486 e. The minimum absolute atomic E-state index is 0.0212. The third-order valence-corrected chi connectivity index (χ3v) is 8.79. The summed E-state index contributed by atoms with van der Waals surface area (Å²) >= 11 is 0. The summed E-state index contributed by atoms with van der Waals surface area (Å²) < 4.78 is 44.4. The van der Waals surface area contributed by atoms with Gasteiger partial charge in [-0.15, -0.1) is 0 Å². The number of piperidine rings is 1. The lowest BCUT2D eigenvalue weighted by Gasteiger charge is -2.31. The van der Waals surface area contributed by atoms with E-state index in [1.54, 1.807) is 18.4 Å². The van der Waals surface area contributed by atoms with E-state index in [-0.39, 0.29) is 22.8 Å². The number of fused-ring (bicyclic) bond motifs is 1. The van der Waals surface area contributed by atoms with Gasteiger partial charge in [-0.25, -0.2) is 8.42 Å². The monoisotopic (exact) mass is 489 g/mol. The van der Waals surface area contributed by atoms with Crippen LogP contribution in [-0.4, -0.2) is 69.5 Å². The number of rotatable bonds is 7. The van der Waals surface area contributed by atoms with Crippen LogP contribution in [0.5, 0.6) is 11.5 Å². The van der Waals surface area contributed by atoms with Crippen LogP contribution in [-0.2, 0) is 14.8 Å². The number of hydrogen-bond acceptors (Lipinski definition) is 7. The van der Waals surface area contributed by atoms with Gasteiger partial charge in [-0.05, 0) is 63.0 Å². The molecule has 184 valence electrons. The van der Waals surface area contributed by atoms with Gasteiger partial charge in [0.15, 0.2) is 11.5 Å². The van der Waals surface area contributed by atoms with Gasteiger partial charge < -0.3 is 19.2 Å². The van der Waals surface area contributed by atoms with Crippen molar-refractivity contribution in [3.05, 3.63) is 42.4 Å². The molecule has 34 heavy (non-hydrogen) atoms. The first-order chi connectivity index (χ1) is 16.5. The van der Waals surface area contributed by atoms with Crippen molar-refractivity contribution in [3.63, 3.8) is 0 Å². The molecule has 0 radical (unpaired) electrons. The van der Waals surface area contributed by atoms with Crippen molar-refractivity contribution < 1.29 is 27.1 Å². The molecule has 1 atom stereocenters. The molecule has 5 rings (SSSR count). The second-order valence-electron chi connectivity index (χ2n) is 9.00. The summed E-state index contributed by atoms with van der Waals surface area (Å²) in [6, 6.07) is 8.56. The maximum absolute atomic E-state index is 13.2. The van der Waals surface area contributed by atoms with Crippen molar-refractivity contribution in [1.82, 2.24) is 14.5 Å². The quantitative estimate of drug-likeness (QED) is 0.637. The zero-order valence-electron chi connectivity index (χ0n) is 19.1. The zero-order chi connectivity index (χ0) is 23.5. The second-order valence-corrected chi connectivity index (χ2v) is 10.9. The van der Waals surface area contributed by atoms with Gasteiger partial charge in [0.1, 0.15) is 19.0 Å². The zero-order valence-corrected chi connectivity index (χ0v) is 20.0. The van der Waals surface area contributed by atoms with Gasteiger partial charge in [0.2, 0.25) is 15.9 Å². The Bertz CT molecular complexity index is 1090. The van der Waals surface area contributed by atoms with E-state index in [1.165, 1.54) is 10.4 Å². The Morgan fingerprint density at radius 2 is 1.76 bits per heavy atom. The van der Waals surface area contributed by atoms with E-state index >= 15 is 0 Å². The van der Waals surface area contributed by atoms with E-state index in [2.05, 4.69) is 10.2 Å². The van der Waals surface area contributed by atoms with Gasteiger partial charge in [-0.3, -0.25) is 9.69 Å². The molecule has 1 N–H and O–H groups in total. The Morgan fingerprint density at radius 1 is 1.03 bits per heavy atom. The highest BCUT2D eigenvalue weighted by Gasteiger charge is 2.34. The first-order valence-corrected chi connectivity index (χ1v) is 13.4. The summed E-state index contributed by atoms with van der Waals surface area (Å²) in [5, 5.41) is 3.10. The predicted octanol–water partition coefficient (Wildman–Crippen LogP) is 2.40. The molecule has 1 amide bonds. The highest BCUT2D eigenvalue weighted by atomic mass is 32.2. The molecule has 3 aliphatic heterocycles. The molecule has 0 unspecified atom stereocenters. The molecular weight excluding hydrogens is 458 g/mol. The number of benzene rings is 1. The average Bonchev–Trinajstić information content (AvgIpc) is 3.59. The fourth-order valence-corrected chi connectivity index (χ4v) is 6.46. The summed E-state index contributed by atoms with van der Waals surface area (Å²) in [5.74, 6) is 1.64. The molecule has 2 aromatic rings. The van der Waals surface area contributed by atoms with Gasteiger partial charge in [0.05, 0.1) is 17.2 Å². The van der Waals surface area contributed by atoms with Crippen LogP contribution in [0.2, 0.25) is 0 Å². The van der Waals surface area contributed by atoms with Gasteiger partial charge in [-0.1, -0.05) is 0 Å². The van der Waals surface area contributed by atoms with E-state index in [9.17, 15) is 13.2 Å². The Morgan fingerprint density at radius 3 is 2.47 bits per heavy atom. The number of amides is 1.